The number of nitrogens with two attached hydrogens (primary N) is 1. The third-order valence-electron chi connectivity index (χ3n) is 4.58. The zero-order valence-corrected chi connectivity index (χ0v) is 13.5. The lowest BCUT2D eigenvalue weighted by Crippen LogP contribution is -2.33. The second-order valence-electron chi connectivity index (χ2n) is 6.29. The van der Waals surface area contributed by atoms with E-state index in [-0.39, 0.29) is 12.1 Å². The van der Waals surface area contributed by atoms with Crippen LogP contribution in [0.25, 0.3) is 0 Å². The van der Waals surface area contributed by atoms with Crippen molar-refractivity contribution in [2.75, 3.05) is 7.11 Å². The first-order valence-electron chi connectivity index (χ1n) is 8.19. The van der Waals surface area contributed by atoms with Gasteiger partial charge in [0.2, 0.25) is 0 Å². The minimum absolute atomic E-state index is 0.0245. The number of methoxy groups -OCH3 is 1. The van der Waals surface area contributed by atoms with E-state index >= 15 is 0 Å². The van der Waals surface area contributed by atoms with Crippen LogP contribution in [0.4, 0.5) is 0 Å². The van der Waals surface area contributed by atoms with Gasteiger partial charge in [-0.2, -0.15) is 0 Å². The zero-order valence-electron chi connectivity index (χ0n) is 13.5. The maximum Gasteiger partial charge on any atom is 0.119 e. The molecule has 0 saturated heterocycles. The van der Waals surface area contributed by atoms with Crippen molar-refractivity contribution in [1.82, 2.24) is 0 Å². The van der Waals surface area contributed by atoms with E-state index in [0.717, 1.165) is 36.5 Å². The predicted molar refractivity (Wildman–Crippen MR) is 86.5 cm³/mol. The summed E-state index contributed by atoms with van der Waals surface area (Å²) in [6.45, 7) is 4.44. The van der Waals surface area contributed by atoms with Gasteiger partial charge in [0, 0.05) is 6.04 Å². The molecule has 3 heteroatoms. The maximum absolute atomic E-state index is 6.40. The van der Waals surface area contributed by atoms with Crippen LogP contribution in [-0.4, -0.2) is 19.3 Å². The minimum atomic E-state index is -0.0384. The van der Waals surface area contributed by atoms with Gasteiger partial charge in [0.25, 0.3) is 0 Å². The van der Waals surface area contributed by atoms with Crippen molar-refractivity contribution in [2.24, 2.45) is 11.7 Å². The van der Waals surface area contributed by atoms with Gasteiger partial charge in [-0.3, -0.25) is 0 Å². The van der Waals surface area contributed by atoms with Crippen LogP contribution in [0, 0.1) is 5.92 Å². The third kappa shape index (κ3) is 4.45. The van der Waals surface area contributed by atoms with Crippen molar-refractivity contribution < 1.29 is 9.47 Å². The fraction of sp³-hybridized carbons (Fsp3) is 0.667. The molecular weight excluding hydrogens is 262 g/mol. The molecular formula is C18H29NO2. The van der Waals surface area contributed by atoms with E-state index in [1.807, 2.05) is 18.2 Å². The van der Waals surface area contributed by atoms with Gasteiger partial charge in [0.05, 0.1) is 19.3 Å². The van der Waals surface area contributed by atoms with Crippen LogP contribution >= 0.6 is 0 Å². The van der Waals surface area contributed by atoms with Crippen LogP contribution in [0.1, 0.15) is 57.6 Å². The fourth-order valence-electron chi connectivity index (χ4n) is 3.03. The Labute approximate surface area is 128 Å². The van der Waals surface area contributed by atoms with Crippen LogP contribution in [0.5, 0.6) is 5.75 Å². The van der Waals surface area contributed by atoms with Gasteiger partial charge in [-0.1, -0.05) is 26.0 Å². The molecule has 3 nitrogen and oxygen atoms in total. The largest absolute Gasteiger partial charge is 0.497 e. The highest BCUT2D eigenvalue weighted by molar-refractivity contribution is 5.30. The van der Waals surface area contributed by atoms with Crippen molar-refractivity contribution in [3.63, 3.8) is 0 Å². The SMILES string of the molecule is CCC(N)C(OC1CCC(C)CC1)c1cccc(OC)c1. The van der Waals surface area contributed by atoms with Crippen LogP contribution in [0.2, 0.25) is 0 Å². The molecule has 1 fully saturated rings. The summed E-state index contributed by atoms with van der Waals surface area (Å²) in [5.74, 6) is 1.70. The first-order chi connectivity index (χ1) is 10.1. The Bertz CT molecular complexity index is 427. The summed E-state index contributed by atoms with van der Waals surface area (Å²) in [7, 11) is 1.69. The van der Waals surface area contributed by atoms with E-state index in [9.17, 15) is 0 Å². The number of benzene rings is 1. The van der Waals surface area contributed by atoms with E-state index in [0.29, 0.717) is 6.10 Å². The van der Waals surface area contributed by atoms with E-state index < -0.39 is 0 Å². The molecule has 1 aromatic rings. The van der Waals surface area contributed by atoms with E-state index in [1.165, 1.54) is 12.8 Å². The highest BCUT2D eigenvalue weighted by atomic mass is 16.5. The number of hydrogen-bond donors (Lipinski definition) is 1. The maximum atomic E-state index is 6.40. The van der Waals surface area contributed by atoms with Gasteiger partial charge >= 0.3 is 0 Å². The van der Waals surface area contributed by atoms with E-state index in [2.05, 4.69) is 19.9 Å². The van der Waals surface area contributed by atoms with Gasteiger partial charge in [0.15, 0.2) is 0 Å². The molecule has 1 aromatic carbocycles. The Morgan fingerprint density at radius 3 is 2.57 bits per heavy atom. The monoisotopic (exact) mass is 291 g/mol. The first kappa shape index (κ1) is 16.3. The summed E-state index contributed by atoms with van der Waals surface area (Å²) in [5, 5.41) is 0. The highest BCUT2D eigenvalue weighted by Gasteiger charge is 2.26. The molecule has 2 rings (SSSR count). The molecule has 0 aromatic heterocycles. The summed E-state index contributed by atoms with van der Waals surface area (Å²) in [6.07, 6.45) is 6.04. The normalized spacial score (nSPS) is 25.3. The van der Waals surface area contributed by atoms with E-state index in [1.54, 1.807) is 7.11 Å². The number of ether oxygens (including phenoxy) is 2. The second-order valence-corrected chi connectivity index (χ2v) is 6.29. The minimum Gasteiger partial charge on any atom is -0.497 e. The summed E-state index contributed by atoms with van der Waals surface area (Å²) in [6, 6.07) is 8.13. The predicted octanol–water partition coefficient (Wildman–Crippen LogP) is 4.07. The molecule has 2 unspecified atom stereocenters. The average Bonchev–Trinajstić information content (AvgIpc) is 2.53. The standard InChI is InChI=1S/C18H29NO2/c1-4-17(19)18(14-6-5-7-16(12-14)20-3)21-15-10-8-13(2)9-11-15/h5-7,12-13,15,17-18H,4,8-11,19H2,1-3H3. The quantitative estimate of drug-likeness (QED) is 0.859. The average molecular weight is 291 g/mol. The Morgan fingerprint density at radius 2 is 1.95 bits per heavy atom. The molecule has 0 heterocycles. The Balaban J connectivity index is 2.10. The third-order valence-corrected chi connectivity index (χ3v) is 4.58. The summed E-state index contributed by atoms with van der Waals surface area (Å²) in [4.78, 5) is 0. The molecule has 0 amide bonds. The first-order valence-corrected chi connectivity index (χ1v) is 8.19. The lowest BCUT2D eigenvalue weighted by molar-refractivity contribution is -0.0488. The molecule has 2 atom stereocenters. The molecule has 0 bridgehead atoms. The van der Waals surface area contributed by atoms with Gasteiger partial charge in [-0.15, -0.1) is 0 Å². The molecule has 0 spiro atoms. The van der Waals surface area contributed by atoms with Gasteiger partial charge in [0.1, 0.15) is 5.75 Å². The smallest absolute Gasteiger partial charge is 0.119 e. The van der Waals surface area contributed by atoms with Crippen LogP contribution in [-0.2, 0) is 4.74 Å². The van der Waals surface area contributed by atoms with Gasteiger partial charge in [-0.05, 0) is 55.7 Å². The molecule has 2 N–H and O–H groups in total. The Hall–Kier alpha value is -1.06. The highest BCUT2D eigenvalue weighted by Crippen LogP contribution is 2.32. The summed E-state index contributed by atoms with van der Waals surface area (Å²) < 4.78 is 11.7. The summed E-state index contributed by atoms with van der Waals surface area (Å²) in [5.41, 5.74) is 7.45. The van der Waals surface area contributed by atoms with Crippen molar-refractivity contribution in [1.29, 1.82) is 0 Å². The van der Waals surface area contributed by atoms with Gasteiger partial charge in [-0.25, -0.2) is 0 Å². The molecule has 21 heavy (non-hydrogen) atoms. The van der Waals surface area contributed by atoms with Crippen LogP contribution in [0.15, 0.2) is 24.3 Å². The fourth-order valence-corrected chi connectivity index (χ4v) is 3.03. The number of rotatable bonds is 6. The van der Waals surface area contributed by atoms with Crippen molar-refractivity contribution in [3.8, 4) is 5.75 Å². The lowest BCUT2D eigenvalue weighted by Gasteiger charge is -2.32. The zero-order chi connectivity index (χ0) is 15.2. The lowest BCUT2D eigenvalue weighted by atomic mass is 9.88. The molecule has 0 radical (unpaired) electrons. The topological polar surface area (TPSA) is 44.5 Å². The number of hydrogen-bond acceptors (Lipinski definition) is 3. The molecule has 118 valence electrons. The Kier molecular flexibility index (Phi) is 6.07. The second kappa shape index (κ2) is 7.81. The molecule has 0 aliphatic heterocycles. The van der Waals surface area contributed by atoms with Crippen molar-refractivity contribution >= 4 is 0 Å². The van der Waals surface area contributed by atoms with E-state index in [4.69, 9.17) is 15.2 Å². The molecule has 1 saturated carbocycles. The Morgan fingerprint density at radius 1 is 1.24 bits per heavy atom. The van der Waals surface area contributed by atoms with Crippen LogP contribution in [0.3, 0.4) is 0 Å². The van der Waals surface area contributed by atoms with Gasteiger partial charge < -0.3 is 15.2 Å². The van der Waals surface area contributed by atoms with Crippen molar-refractivity contribution in [3.05, 3.63) is 29.8 Å². The van der Waals surface area contributed by atoms with Crippen molar-refractivity contribution in [2.45, 2.75) is 64.2 Å². The molecule has 1 aliphatic carbocycles. The van der Waals surface area contributed by atoms with Crippen LogP contribution < -0.4 is 10.5 Å². The summed E-state index contributed by atoms with van der Waals surface area (Å²) >= 11 is 0. The molecule has 1 aliphatic rings.